The van der Waals surface area contributed by atoms with Crippen LogP contribution in [0.4, 0.5) is 0 Å². The highest BCUT2D eigenvalue weighted by molar-refractivity contribution is 5.69. The standard InChI is InChI=1S/C8H15NO3.C2H6/c1-11-8(10)3-2-7-6-9-4-5-12-7;1-2/h7,9H,2-6H2,1H3;1-2H3. The maximum atomic E-state index is 10.8. The minimum atomic E-state index is -0.163. The molecule has 0 aliphatic carbocycles. The quantitative estimate of drug-likeness (QED) is 0.694. The number of hydrogen-bond acceptors (Lipinski definition) is 4. The molecule has 0 aromatic rings. The Balaban J connectivity index is 0.000000791. The highest BCUT2D eigenvalue weighted by Crippen LogP contribution is 2.04. The normalized spacial score (nSPS) is 20.6. The Hall–Kier alpha value is -0.610. The molecule has 14 heavy (non-hydrogen) atoms. The summed E-state index contributed by atoms with van der Waals surface area (Å²) in [5, 5.41) is 3.20. The first-order chi connectivity index (χ1) is 6.83. The van der Waals surface area contributed by atoms with E-state index in [9.17, 15) is 4.79 Å². The van der Waals surface area contributed by atoms with E-state index in [4.69, 9.17) is 4.74 Å². The van der Waals surface area contributed by atoms with Crippen molar-refractivity contribution in [3.63, 3.8) is 0 Å². The lowest BCUT2D eigenvalue weighted by molar-refractivity contribution is -0.141. The Labute approximate surface area is 86.0 Å². The summed E-state index contributed by atoms with van der Waals surface area (Å²) in [5.74, 6) is -0.163. The third kappa shape index (κ3) is 5.94. The third-order valence-corrected chi connectivity index (χ3v) is 1.90. The van der Waals surface area contributed by atoms with Gasteiger partial charge in [0, 0.05) is 19.5 Å². The average molecular weight is 203 g/mol. The van der Waals surface area contributed by atoms with Crippen molar-refractivity contribution in [1.82, 2.24) is 5.32 Å². The third-order valence-electron chi connectivity index (χ3n) is 1.90. The number of esters is 1. The van der Waals surface area contributed by atoms with Crippen molar-refractivity contribution in [3.8, 4) is 0 Å². The molecule has 1 unspecified atom stereocenters. The number of carbonyl (C=O) groups excluding carboxylic acids is 1. The van der Waals surface area contributed by atoms with Gasteiger partial charge in [0.2, 0.25) is 0 Å². The van der Waals surface area contributed by atoms with Gasteiger partial charge >= 0.3 is 5.97 Å². The second kappa shape index (κ2) is 8.97. The maximum Gasteiger partial charge on any atom is 0.305 e. The van der Waals surface area contributed by atoms with E-state index >= 15 is 0 Å². The molecule has 1 aliphatic rings. The van der Waals surface area contributed by atoms with Crippen molar-refractivity contribution < 1.29 is 14.3 Å². The number of nitrogens with one attached hydrogen (secondary N) is 1. The van der Waals surface area contributed by atoms with Gasteiger partial charge < -0.3 is 14.8 Å². The first-order valence-corrected chi connectivity index (χ1v) is 5.22. The topological polar surface area (TPSA) is 47.6 Å². The second-order valence-corrected chi connectivity index (χ2v) is 2.81. The molecule has 4 nitrogen and oxygen atoms in total. The molecule has 0 aromatic heterocycles. The highest BCUT2D eigenvalue weighted by atomic mass is 16.5. The molecule has 0 spiro atoms. The molecule has 1 fully saturated rings. The van der Waals surface area contributed by atoms with Crippen LogP contribution in [-0.4, -0.2) is 38.9 Å². The number of carbonyl (C=O) groups is 1. The summed E-state index contributed by atoms with van der Waals surface area (Å²) in [7, 11) is 1.41. The van der Waals surface area contributed by atoms with Gasteiger partial charge in [0.1, 0.15) is 0 Å². The maximum absolute atomic E-state index is 10.8. The summed E-state index contributed by atoms with van der Waals surface area (Å²) in [6, 6.07) is 0. The van der Waals surface area contributed by atoms with Gasteiger partial charge in [-0.1, -0.05) is 13.8 Å². The fourth-order valence-electron chi connectivity index (χ4n) is 1.19. The Morgan fingerprint density at radius 2 is 2.29 bits per heavy atom. The summed E-state index contributed by atoms with van der Waals surface area (Å²) in [4.78, 5) is 10.8. The van der Waals surface area contributed by atoms with Gasteiger partial charge in [0.15, 0.2) is 0 Å². The van der Waals surface area contributed by atoms with E-state index in [0.717, 1.165) is 26.1 Å². The van der Waals surface area contributed by atoms with Crippen LogP contribution in [0.1, 0.15) is 26.7 Å². The molecule has 0 aromatic carbocycles. The van der Waals surface area contributed by atoms with Gasteiger partial charge in [0.25, 0.3) is 0 Å². The van der Waals surface area contributed by atoms with Crippen molar-refractivity contribution in [1.29, 1.82) is 0 Å². The number of morpholine rings is 1. The zero-order chi connectivity index (χ0) is 10.8. The van der Waals surface area contributed by atoms with Crippen LogP contribution < -0.4 is 5.32 Å². The first kappa shape index (κ1) is 13.4. The Bertz CT molecular complexity index is 144. The van der Waals surface area contributed by atoms with E-state index in [1.165, 1.54) is 7.11 Å². The Kier molecular flexibility index (Phi) is 8.57. The summed E-state index contributed by atoms with van der Waals surface area (Å²) in [6.45, 7) is 6.50. The number of ether oxygens (including phenoxy) is 2. The van der Waals surface area contributed by atoms with Gasteiger partial charge in [0.05, 0.1) is 19.8 Å². The number of hydrogen-bond donors (Lipinski definition) is 1. The average Bonchev–Trinajstić information content (AvgIpc) is 2.30. The molecule has 1 heterocycles. The summed E-state index contributed by atoms with van der Waals surface area (Å²) in [5.41, 5.74) is 0. The molecule has 0 radical (unpaired) electrons. The summed E-state index contributed by atoms with van der Waals surface area (Å²) < 4.78 is 9.93. The largest absolute Gasteiger partial charge is 0.469 e. The molecule has 1 rings (SSSR count). The molecule has 0 amide bonds. The van der Waals surface area contributed by atoms with Gasteiger partial charge in [-0.05, 0) is 6.42 Å². The van der Waals surface area contributed by atoms with Crippen LogP contribution in [-0.2, 0) is 14.3 Å². The molecule has 0 saturated carbocycles. The van der Waals surface area contributed by atoms with Gasteiger partial charge in [-0.3, -0.25) is 4.79 Å². The lowest BCUT2D eigenvalue weighted by Gasteiger charge is -2.22. The van der Waals surface area contributed by atoms with E-state index in [1.54, 1.807) is 0 Å². The van der Waals surface area contributed by atoms with Crippen molar-refractivity contribution in [2.75, 3.05) is 26.8 Å². The summed E-state index contributed by atoms with van der Waals surface area (Å²) in [6.07, 6.45) is 1.38. The predicted molar refractivity (Wildman–Crippen MR) is 55.2 cm³/mol. The lowest BCUT2D eigenvalue weighted by Crippen LogP contribution is -2.38. The van der Waals surface area contributed by atoms with Crippen LogP contribution in [0, 0.1) is 0 Å². The molecule has 1 aliphatic heterocycles. The van der Waals surface area contributed by atoms with Crippen LogP contribution in [0.15, 0.2) is 0 Å². The van der Waals surface area contributed by atoms with Crippen molar-refractivity contribution >= 4 is 5.97 Å². The van der Waals surface area contributed by atoms with E-state index in [-0.39, 0.29) is 12.1 Å². The number of rotatable bonds is 3. The second-order valence-electron chi connectivity index (χ2n) is 2.81. The molecule has 1 N–H and O–H groups in total. The van der Waals surface area contributed by atoms with Crippen LogP contribution in [0.5, 0.6) is 0 Å². The zero-order valence-electron chi connectivity index (χ0n) is 9.34. The smallest absolute Gasteiger partial charge is 0.305 e. The first-order valence-electron chi connectivity index (χ1n) is 5.22. The van der Waals surface area contributed by atoms with Crippen LogP contribution in [0.25, 0.3) is 0 Å². The SMILES string of the molecule is CC.COC(=O)CCC1CNCCO1. The highest BCUT2D eigenvalue weighted by Gasteiger charge is 2.14. The van der Waals surface area contributed by atoms with Crippen molar-refractivity contribution in [2.24, 2.45) is 0 Å². The van der Waals surface area contributed by atoms with Crippen LogP contribution in [0.3, 0.4) is 0 Å². The van der Waals surface area contributed by atoms with Crippen molar-refractivity contribution in [3.05, 3.63) is 0 Å². The predicted octanol–water partition coefficient (Wildman–Crippen LogP) is 0.954. The van der Waals surface area contributed by atoms with Gasteiger partial charge in [-0.15, -0.1) is 0 Å². The summed E-state index contributed by atoms with van der Waals surface area (Å²) >= 11 is 0. The van der Waals surface area contributed by atoms with Crippen LogP contribution >= 0.6 is 0 Å². The number of methoxy groups -OCH3 is 1. The zero-order valence-corrected chi connectivity index (χ0v) is 9.34. The fourth-order valence-corrected chi connectivity index (χ4v) is 1.19. The molecular weight excluding hydrogens is 182 g/mol. The van der Waals surface area contributed by atoms with E-state index < -0.39 is 0 Å². The van der Waals surface area contributed by atoms with E-state index in [2.05, 4.69) is 10.1 Å². The molecule has 1 saturated heterocycles. The lowest BCUT2D eigenvalue weighted by atomic mass is 10.2. The monoisotopic (exact) mass is 203 g/mol. The minimum Gasteiger partial charge on any atom is -0.469 e. The minimum absolute atomic E-state index is 0.163. The van der Waals surface area contributed by atoms with Gasteiger partial charge in [-0.2, -0.15) is 0 Å². The molecule has 0 bridgehead atoms. The van der Waals surface area contributed by atoms with E-state index in [0.29, 0.717) is 6.42 Å². The van der Waals surface area contributed by atoms with Crippen LogP contribution in [0.2, 0.25) is 0 Å². The molecular formula is C10H21NO3. The molecule has 1 atom stereocenters. The fraction of sp³-hybridized carbons (Fsp3) is 0.900. The van der Waals surface area contributed by atoms with Gasteiger partial charge in [-0.25, -0.2) is 0 Å². The van der Waals surface area contributed by atoms with Crippen molar-refractivity contribution in [2.45, 2.75) is 32.8 Å². The Morgan fingerprint density at radius 1 is 1.57 bits per heavy atom. The van der Waals surface area contributed by atoms with E-state index in [1.807, 2.05) is 13.8 Å². The molecule has 84 valence electrons. The molecule has 4 heteroatoms. The Morgan fingerprint density at radius 3 is 2.79 bits per heavy atom.